The molecule has 0 amide bonds. The van der Waals surface area contributed by atoms with Crippen LogP contribution >= 0.6 is 0 Å². The summed E-state index contributed by atoms with van der Waals surface area (Å²) in [5.41, 5.74) is -0.384. The highest BCUT2D eigenvalue weighted by atomic mass is 16.5. The van der Waals surface area contributed by atoms with Gasteiger partial charge >= 0.3 is 5.97 Å². The highest BCUT2D eigenvalue weighted by Gasteiger charge is 2.19. The number of carbonyl (C=O) groups is 1. The van der Waals surface area contributed by atoms with Crippen molar-refractivity contribution >= 4 is 5.97 Å². The first-order valence-electron chi connectivity index (χ1n) is 5.70. The highest BCUT2D eigenvalue weighted by Crippen LogP contribution is 2.14. The number of hydrogen-bond acceptors (Lipinski definition) is 5. The van der Waals surface area contributed by atoms with E-state index in [1.807, 2.05) is 18.2 Å². The van der Waals surface area contributed by atoms with E-state index in [0.29, 0.717) is 0 Å². The van der Waals surface area contributed by atoms with Gasteiger partial charge in [-0.15, -0.1) is 0 Å². The number of methoxy groups -OCH3 is 1. The lowest BCUT2D eigenvalue weighted by atomic mass is 10.2. The van der Waals surface area contributed by atoms with E-state index in [1.54, 1.807) is 12.1 Å². The van der Waals surface area contributed by atoms with Crippen LogP contribution in [0.3, 0.4) is 0 Å². The molecule has 20 heavy (non-hydrogen) atoms. The summed E-state index contributed by atoms with van der Waals surface area (Å²) >= 11 is 0. The second-order valence-electron chi connectivity index (χ2n) is 3.83. The molecule has 0 fully saturated rings. The Labute approximate surface area is 113 Å². The van der Waals surface area contributed by atoms with Crippen molar-refractivity contribution in [1.82, 2.24) is 9.97 Å². The first-order valence-corrected chi connectivity index (χ1v) is 5.70. The maximum Gasteiger partial charge on any atom is 0.358 e. The van der Waals surface area contributed by atoms with E-state index >= 15 is 0 Å². The molecule has 0 bridgehead atoms. The molecule has 1 aromatic carbocycles. The second-order valence-corrected chi connectivity index (χ2v) is 3.83. The molecule has 7 heteroatoms. The normalized spacial score (nSPS) is 10.1. The molecule has 1 aromatic heterocycles. The maximum absolute atomic E-state index is 11.8. The Morgan fingerprint density at radius 2 is 2.05 bits per heavy atom. The Balaban J connectivity index is 2.31. The third kappa shape index (κ3) is 2.94. The fourth-order valence-corrected chi connectivity index (χ4v) is 1.55. The molecule has 0 spiro atoms. The Hall–Kier alpha value is -2.83. The zero-order chi connectivity index (χ0) is 14.5. The van der Waals surface area contributed by atoms with Gasteiger partial charge in [0.1, 0.15) is 6.61 Å². The monoisotopic (exact) mass is 276 g/mol. The number of benzene rings is 1. The van der Waals surface area contributed by atoms with Gasteiger partial charge in [0.2, 0.25) is 11.4 Å². The predicted molar refractivity (Wildman–Crippen MR) is 69.1 cm³/mol. The van der Waals surface area contributed by atoms with Gasteiger partial charge in [0, 0.05) is 0 Å². The topological polar surface area (TPSA) is 102 Å². The number of rotatable bonds is 5. The van der Waals surface area contributed by atoms with Crippen LogP contribution < -0.4 is 15.0 Å². The van der Waals surface area contributed by atoms with Crippen molar-refractivity contribution in [3.05, 3.63) is 51.9 Å². The molecule has 0 aliphatic carbocycles. The van der Waals surface area contributed by atoms with Gasteiger partial charge in [0.05, 0.1) is 7.11 Å². The zero-order valence-corrected chi connectivity index (χ0v) is 10.6. The van der Waals surface area contributed by atoms with Gasteiger partial charge < -0.3 is 14.6 Å². The summed E-state index contributed by atoms with van der Waals surface area (Å²) < 4.78 is 9.99. The SMILES string of the molecule is COc1nc(C(=O)O)c(OCc2ccccc2)c(=O)[nH]1. The summed E-state index contributed by atoms with van der Waals surface area (Å²) in [6.45, 7) is 0.0677. The summed E-state index contributed by atoms with van der Waals surface area (Å²) in [5.74, 6) is -1.71. The number of ether oxygens (including phenoxy) is 2. The Bertz CT molecular complexity index is 666. The Morgan fingerprint density at radius 1 is 1.35 bits per heavy atom. The summed E-state index contributed by atoms with van der Waals surface area (Å²) in [6, 6.07) is 8.88. The average Bonchev–Trinajstić information content (AvgIpc) is 2.46. The van der Waals surface area contributed by atoms with Crippen LogP contribution in [0.1, 0.15) is 16.1 Å². The Kier molecular flexibility index (Phi) is 3.99. The third-order valence-corrected chi connectivity index (χ3v) is 2.48. The highest BCUT2D eigenvalue weighted by molar-refractivity contribution is 5.88. The molecule has 1 heterocycles. The summed E-state index contributed by atoms with van der Waals surface area (Å²) in [7, 11) is 1.27. The summed E-state index contributed by atoms with van der Waals surface area (Å²) in [5, 5.41) is 9.06. The minimum Gasteiger partial charge on any atom is -0.481 e. The summed E-state index contributed by atoms with van der Waals surface area (Å²) in [6.07, 6.45) is 0. The molecule has 0 radical (unpaired) electrons. The largest absolute Gasteiger partial charge is 0.481 e. The molecule has 0 saturated carbocycles. The lowest BCUT2D eigenvalue weighted by Crippen LogP contribution is -2.19. The average molecular weight is 276 g/mol. The molecule has 7 nitrogen and oxygen atoms in total. The van der Waals surface area contributed by atoms with Crippen molar-refractivity contribution in [2.24, 2.45) is 0 Å². The number of hydrogen-bond donors (Lipinski definition) is 2. The van der Waals surface area contributed by atoms with Crippen molar-refractivity contribution in [2.75, 3.05) is 7.11 Å². The fraction of sp³-hybridized carbons (Fsp3) is 0.154. The number of aromatic amines is 1. The van der Waals surface area contributed by atoms with Crippen LogP contribution in [0.2, 0.25) is 0 Å². The van der Waals surface area contributed by atoms with Gasteiger partial charge in [-0.1, -0.05) is 30.3 Å². The lowest BCUT2D eigenvalue weighted by molar-refractivity contribution is 0.0682. The molecular weight excluding hydrogens is 264 g/mol. The predicted octanol–water partition coefficient (Wildman–Crippen LogP) is 1.06. The van der Waals surface area contributed by atoms with E-state index in [1.165, 1.54) is 7.11 Å². The minimum atomic E-state index is -1.36. The van der Waals surface area contributed by atoms with Gasteiger partial charge in [0.15, 0.2) is 0 Å². The van der Waals surface area contributed by atoms with Crippen LogP contribution in [0.15, 0.2) is 35.1 Å². The van der Waals surface area contributed by atoms with Crippen LogP contribution in [0, 0.1) is 0 Å². The first-order chi connectivity index (χ1) is 9.61. The number of nitrogens with one attached hydrogen (secondary N) is 1. The van der Waals surface area contributed by atoms with Crippen LogP contribution in [0.4, 0.5) is 0 Å². The van der Waals surface area contributed by atoms with Crippen molar-refractivity contribution in [3.8, 4) is 11.8 Å². The molecule has 2 N–H and O–H groups in total. The fourth-order valence-electron chi connectivity index (χ4n) is 1.55. The van der Waals surface area contributed by atoms with E-state index in [0.717, 1.165) is 5.56 Å². The smallest absolute Gasteiger partial charge is 0.358 e. The van der Waals surface area contributed by atoms with E-state index in [9.17, 15) is 9.59 Å². The van der Waals surface area contributed by atoms with Crippen molar-refractivity contribution in [3.63, 3.8) is 0 Å². The van der Waals surface area contributed by atoms with Crippen molar-refractivity contribution in [2.45, 2.75) is 6.61 Å². The molecule has 2 rings (SSSR count). The van der Waals surface area contributed by atoms with Crippen molar-refractivity contribution in [1.29, 1.82) is 0 Å². The van der Waals surface area contributed by atoms with E-state index < -0.39 is 17.2 Å². The lowest BCUT2D eigenvalue weighted by Gasteiger charge is -2.08. The second kappa shape index (κ2) is 5.87. The van der Waals surface area contributed by atoms with Crippen LogP contribution in [-0.2, 0) is 6.61 Å². The first kappa shape index (κ1) is 13.6. The number of carboxylic acids is 1. The zero-order valence-electron chi connectivity index (χ0n) is 10.6. The standard InChI is InChI=1S/C13H12N2O5/c1-19-13-14-9(12(17)18)10(11(16)15-13)20-7-8-5-3-2-4-6-8/h2-6H,7H2,1H3,(H,17,18)(H,14,15,16). The van der Waals surface area contributed by atoms with Gasteiger partial charge in [-0.2, -0.15) is 4.98 Å². The Morgan fingerprint density at radius 3 is 2.65 bits per heavy atom. The minimum absolute atomic E-state index is 0.0677. The molecule has 2 aromatic rings. The molecule has 0 saturated heterocycles. The number of aromatic carboxylic acids is 1. The molecule has 104 valence electrons. The van der Waals surface area contributed by atoms with Gasteiger partial charge in [0.25, 0.3) is 11.6 Å². The van der Waals surface area contributed by atoms with Crippen LogP contribution in [0.25, 0.3) is 0 Å². The molecule has 0 unspecified atom stereocenters. The van der Waals surface area contributed by atoms with E-state index in [-0.39, 0.29) is 18.4 Å². The number of carboxylic acid groups (broad SMARTS) is 1. The van der Waals surface area contributed by atoms with Crippen molar-refractivity contribution < 1.29 is 19.4 Å². The summed E-state index contributed by atoms with van der Waals surface area (Å²) in [4.78, 5) is 28.8. The van der Waals surface area contributed by atoms with Gasteiger partial charge in [-0.25, -0.2) is 4.79 Å². The molecule has 0 atom stereocenters. The molecular formula is C13H12N2O5. The van der Waals surface area contributed by atoms with Crippen LogP contribution in [-0.4, -0.2) is 28.2 Å². The maximum atomic E-state index is 11.8. The third-order valence-electron chi connectivity index (χ3n) is 2.48. The van der Waals surface area contributed by atoms with Crippen LogP contribution in [0.5, 0.6) is 11.8 Å². The molecule has 0 aliphatic rings. The van der Waals surface area contributed by atoms with E-state index in [2.05, 4.69) is 9.97 Å². The number of aromatic nitrogens is 2. The van der Waals surface area contributed by atoms with Gasteiger partial charge in [-0.05, 0) is 5.56 Å². The van der Waals surface area contributed by atoms with Gasteiger partial charge in [-0.3, -0.25) is 9.78 Å². The quantitative estimate of drug-likeness (QED) is 0.846. The number of H-pyrrole nitrogens is 1. The van der Waals surface area contributed by atoms with E-state index in [4.69, 9.17) is 14.6 Å². The number of nitrogens with zero attached hydrogens (tertiary/aromatic N) is 1. The molecule has 0 aliphatic heterocycles.